The molecule has 0 bridgehead atoms. The van der Waals surface area contributed by atoms with Crippen LogP contribution in [-0.4, -0.2) is 50.5 Å². The first-order valence-corrected chi connectivity index (χ1v) is 6.39. The van der Waals surface area contributed by atoms with Gasteiger partial charge in [0.2, 0.25) is 0 Å². The van der Waals surface area contributed by atoms with Crippen LogP contribution in [0.15, 0.2) is 4.99 Å². The Balaban J connectivity index is 2.49. The van der Waals surface area contributed by atoms with Gasteiger partial charge in [-0.25, -0.2) is 0 Å². The molecule has 1 aliphatic carbocycles. The molecule has 3 heteroatoms. The molecule has 0 amide bonds. The SMILES string of the molecule is CC1CCCC(CN=C(N(C)C)N(C)C)C1. The molecule has 0 heterocycles. The molecule has 0 aromatic carbocycles. The third-order valence-corrected chi connectivity index (χ3v) is 3.34. The fourth-order valence-electron chi connectivity index (χ4n) is 2.62. The predicted octanol–water partition coefficient (Wildman–Crippen LogP) is 2.29. The fourth-order valence-corrected chi connectivity index (χ4v) is 2.62. The summed E-state index contributed by atoms with van der Waals surface area (Å²) in [4.78, 5) is 8.93. The summed E-state index contributed by atoms with van der Waals surface area (Å²) in [6.45, 7) is 3.37. The summed E-state index contributed by atoms with van der Waals surface area (Å²) in [6.07, 6.45) is 5.52. The molecule has 1 fully saturated rings. The van der Waals surface area contributed by atoms with E-state index in [1.807, 2.05) is 0 Å². The maximum atomic E-state index is 4.75. The lowest BCUT2D eigenvalue weighted by atomic mass is 9.82. The first kappa shape index (κ1) is 13.3. The highest BCUT2D eigenvalue weighted by atomic mass is 15.3. The van der Waals surface area contributed by atoms with Crippen molar-refractivity contribution in [2.24, 2.45) is 16.8 Å². The smallest absolute Gasteiger partial charge is 0.195 e. The predicted molar refractivity (Wildman–Crippen MR) is 70.8 cm³/mol. The Bertz CT molecular complexity index is 223. The van der Waals surface area contributed by atoms with Crippen molar-refractivity contribution in [1.82, 2.24) is 9.80 Å². The third-order valence-electron chi connectivity index (χ3n) is 3.34. The summed E-state index contributed by atoms with van der Waals surface area (Å²) in [7, 11) is 8.23. The summed E-state index contributed by atoms with van der Waals surface area (Å²) in [6, 6.07) is 0. The molecule has 1 rings (SSSR count). The molecule has 0 spiro atoms. The van der Waals surface area contributed by atoms with Crippen LogP contribution in [0.1, 0.15) is 32.6 Å². The molecule has 2 unspecified atom stereocenters. The Morgan fingerprint density at radius 1 is 1.12 bits per heavy atom. The molecule has 1 aliphatic rings. The van der Waals surface area contributed by atoms with E-state index in [9.17, 15) is 0 Å². The van der Waals surface area contributed by atoms with E-state index in [4.69, 9.17) is 4.99 Å². The maximum Gasteiger partial charge on any atom is 0.195 e. The molecule has 94 valence electrons. The van der Waals surface area contributed by atoms with Crippen molar-refractivity contribution in [3.63, 3.8) is 0 Å². The topological polar surface area (TPSA) is 18.8 Å². The minimum Gasteiger partial charge on any atom is -0.349 e. The van der Waals surface area contributed by atoms with Gasteiger partial charge in [-0.05, 0) is 24.7 Å². The average molecular weight is 225 g/mol. The quantitative estimate of drug-likeness (QED) is 0.530. The Hall–Kier alpha value is -0.730. The fraction of sp³-hybridized carbons (Fsp3) is 0.923. The summed E-state index contributed by atoms with van der Waals surface area (Å²) < 4.78 is 0. The van der Waals surface area contributed by atoms with Gasteiger partial charge in [0, 0.05) is 34.7 Å². The van der Waals surface area contributed by atoms with E-state index >= 15 is 0 Å². The highest BCUT2D eigenvalue weighted by molar-refractivity contribution is 5.79. The highest BCUT2D eigenvalue weighted by Crippen LogP contribution is 2.28. The standard InChI is InChI=1S/C13H27N3/c1-11-7-6-8-12(9-11)10-14-13(15(2)3)16(4)5/h11-12H,6-10H2,1-5H3. The van der Waals surface area contributed by atoms with E-state index in [0.29, 0.717) is 0 Å². The minimum absolute atomic E-state index is 0.804. The molecule has 0 saturated heterocycles. The van der Waals surface area contributed by atoms with Crippen LogP contribution in [-0.2, 0) is 0 Å². The molecule has 0 aliphatic heterocycles. The van der Waals surface area contributed by atoms with Crippen LogP contribution in [0, 0.1) is 11.8 Å². The number of guanidine groups is 1. The van der Waals surface area contributed by atoms with Crippen molar-refractivity contribution in [2.45, 2.75) is 32.6 Å². The van der Waals surface area contributed by atoms with Crippen LogP contribution in [0.5, 0.6) is 0 Å². The van der Waals surface area contributed by atoms with Crippen molar-refractivity contribution in [2.75, 3.05) is 34.7 Å². The van der Waals surface area contributed by atoms with Crippen molar-refractivity contribution in [1.29, 1.82) is 0 Å². The summed E-state index contributed by atoms with van der Waals surface area (Å²) in [5.74, 6) is 2.79. The van der Waals surface area contributed by atoms with Crippen molar-refractivity contribution in [3.8, 4) is 0 Å². The van der Waals surface area contributed by atoms with Crippen molar-refractivity contribution >= 4 is 5.96 Å². The van der Waals surface area contributed by atoms with Crippen LogP contribution in [0.2, 0.25) is 0 Å². The van der Waals surface area contributed by atoms with Crippen LogP contribution in [0.25, 0.3) is 0 Å². The van der Waals surface area contributed by atoms with Gasteiger partial charge in [0.15, 0.2) is 5.96 Å². The molecule has 0 aromatic heterocycles. The first-order valence-electron chi connectivity index (χ1n) is 6.39. The summed E-state index contributed by atoms with van der Waals surface area (Å²) in [5.41, 5.74) is 0. The minimum atomic E-state index is 0.804. The zero-order valence-electron chi connectivity index (χ0n) is 11.5. The summed E-state index contributed by atoms with van der Waals surface area (Å²) in [5, 5.41) is 0. The Labute approximate surface area is 101 Å². The van der Waals surface area contributed by atoms with Gasteiger partial charge in [-0.1, -0.05) is 19.8 Å². The molecule has 2 atom stereocenters. The molecule has 0 aromatic rings. The van der Waals surface area contributed by atoms with Gasteiger partial charge in [0.05, 0.1) is 0 Å². The van der Waals surface area contributed by atoms with Gasteiger partial charge in [0.1, 0.15) is 0 Å². The Morgan fingerprint density at radius 2 is 1.75 bits per heavy atom. The van der Waals surface area contributed by atoms with Gasteiger partial charge in [0.25, 0.3) is 0 Å². The van der Waals surface area contributed by atoms with Gasteiger partial charge >= 0.3 is 0 Å². The first-order chi connectivity index (χ1) is 7.50. The number of rotatable bonds is 2. The maximum absolute atomic E-state index is 4.75. The van der Waals surface area contributed by atoms with Gasteiger partial charge in [-0.3, -0.25) is 4.99 Å². The largest absolute Gasteiger partial charge is 0.349 e. The average Bonchev–Trinajstić information content (AvgIpc) is 2.16. The molecule has 0 radical (unpaired) electrons. The monoisotopic (exact) mass is 225 g/mol. The molecular formula is C13H27N3. The second-order valence-corrected chi connectivity index (χ2v) is 5.57. The molecule has 0 N–H and O–H groups in total. The van der Waals surface area contributed by atoms with Crippen molar-refractivity contribution in [3.05, 3.63) is 0 Å². The lowest BCUT2D eigenvalue weighted by Crippen LogP contribution is -2.36. The second-order valence-electron chi connectivity index (χ2n) is 5.57. The second kappa shape index (κ2) is 6.12. The van der Waals surface area contributed by atoms with Gasteiger partial charge in [-0.2, -0.15) is 0 Å². The van der Waals surface area contributed by atoms with E-state index in [1.165, 1.54) is 25.7 Å². The van der Waals surface area contributed by atoms with Crippen LogP contribution < -0.4 is 0 Å². The molecule has 3 nitrogen and oxygen atoms in total. The van der Waals surface area contributed by atoms with Crippen LogP contribution in [0.3, 0.4) is 0 Å². The van der Waals surface area contributed by atoms with Crippen molar-refractivity contribution < 1.29 is 0 Å². The normalized spacial score (nSPS) is 25.1. The lowest BCUT2D eigenvalue weighted by Gasteiger charge is -2.27. The number of hydrogen-bond acceptors (Lipinski definition) is 1. The summed E-state index contributed by atoms with van der Waals surface area (Å²) >= 11 is 0. The van der Waals surface area contributed by atoms with Crippen LogP contribution >= 0.6 is 0 Å². The third kappa shape index (κ3) is 4.03. The number of hydrogen-bond donors (Lipinski definition) is 0. The molecule has 16 heavy (non-hydrogen) atoms. The van der Waals surface area contributed by atoms with E-state index < -0.39 is 0 Å². The zero-order valence-corrected chi connectivity index (χ0v) is 11.5. The van der Waals surface area contributed by atoms with E-state index in [0.717, 1.165) is 24.3 Å². The van der Waals surface area contributed by atoms with Crippen LogP contribution in [0.4, 0.5) is 0 Å². The molecule has 1 saturated carbocycles. The number of nitrogens with zero attached hydrogens (tertiary/aromatic N) is 3. The Morgan fingerprint density at radius 3 is 2.25 bits per heavy atom. The van der Waals surface area contributed by atoms with E-state index in [-0.39, 0.29) is 0 Å². The van der Waals surface area contributed by atoms with E-state index in [2.05, 4.69) is 44.9 Å². The Kier molecular flexibility index (Phi) is 5.10. The highest BCUT2D eigenvalue weighted by Gasteiger charge is 2.18. The number of aliphatic imine (C=N–C) groups is 1. The van der Waals surface area contributed by atoms with Gasteiger partial charge < -0.3 is 9.80 Å². The van der Waals surface area contributed by atoms with E-state index in [1.54, 1.807) is 0 Å². The zero-order chi connectivity index (χ0) is 12.1. The lowest BCUT2D eigenvalue weighted by molar-refractivity contribution is 0.287. The van der Waals surface area contributed by atoms with Gasteiger partial charge in [-0.15, -0.1) is 0 Å². The molecular weight excluding hydrogens is 198 g/mol.